The van der Waals surface area contributed by atoms with Crippen LogP contribution in [0.4, 0.5) is 4.39 Å². The smallest absolute Gasteiger partial charge is 0.129 e. The van der Waals surface area contributed by atoms with Crippen LogP contribution in [0.15, 0.2) is 28.1 Å². The molecule has 5 heteroatoms. The van der Waals surface area contributed by atoms with Crippen molar-refractivity contribution < 1.29 is 4.39 Å². The fourth-order valence-electron chi connectivity index (χ4n) is 2.04. The number of nitrogens with one attached hydrogen (secondary N) is 1. The molecule has 19 heavy (non-hydrogen) atoms. The van der Waals surface area contributed by atoms with Crippen molar-refractivity contribution in [3.05, 3.63) is 50.1 Å². The van der Waals surface area contributed by atoms with Crippen LogP contribution in [-0.4, -0.2) is 11.5 Å². The van der Waals surface area contributed by atoms with Gasteiger partial charge in [-0.25, -0.2) is 9.37 Å². The Hall–Kier alpha value is -0.780. The van der Waals surface area contributed by atoms with Crippen LogP contribution in [0.5, 0.6) is 0 Å². The lowest BCUT2D eigenvalue weighted by Gasteiger charge is -2.19. The number of benzene rings is 1. The maximum absolute atomic E-state index is 14.0. The van der Waals surface area contributed by atoms with Gasteiger partial charge in [0.25, 0.3) is 0 Å². The van der Waals surface area contributed by atoms with Gasteiger partial charge in [-0.1, -0.05) is 28.9 Å². The third-order valence-corrected chi connectivity index (χ3v) is 4.52. The molecule has 1 aromatic carbocycles. The zero-order valence-corrected chi connectivity index (χ0v) is 13.3. The second-order valence-corrected chi connectivity index (χ2v) is 6.13. The first kappa shape index (κ1) is 14.6. The van der Waals surface area contributed by atoms with Crippen molar-refractivity contribution in [3.8, 4) is 0 Å². The Morgan fingerprint density at radius 2 is 2.26 bits per heavy atom. The summed E-state index contributed by atoms with van der Waals surface area (Å²) in [5.74, 6) is -0.186. The maximum Gasteiger partial charge on any atom is 0.129 e. The van der Waals surface area contributed by atoms with E-state index >= 15 is 0 Å². The molecule has 0 bridgehead atoms. The molecule has 102 valence electrons. The van der Waals surface area contributed by atoms with Crippen LogP contribution in [-0.2, 0) is 6.42 Å². The van der Waals surface area contributed by atoms with E-state index in [9.17, 15) is 4.39 Å². The summed E-state index contributed by atoms with van der Waals surface area (Å²) in [4.78, 5) is 4.46. The highest BCUT2D eigenvalue weighted by Gasteiger charge is 2.19. The first-order chi connectivity index (χ1) is 9.11. The van der Waals surface area contributed by atoms with Crippen molar-refractivity contribution in [3.63, 3.8) is 0 Å². The molecule has 0 saturated heterocycles. The summed E-state index contributed by atoms with van der Waals surface area (Å²) in [5, 5.41) is 6.38. The third-order valence-electron chi connectivity index (χ3n) is 2.84. The van der Waals surface area contributed by atoms with Gasteiger partial charge in [0.2, 0.25) is 0 Å². The molecule has 1 aromatic heterocycles. The minimum Gasteiger partial charge on any atom is -0.310 e. The minimum absolute atomic E-state index is 0.0638. The predicted molar refractivity (Wildman–Crippen MR) is 81.1 cm³/mol. The number of thiazole rings is 1. The zero-order valence-electron chi connectivity index (χ0n) is 10.9. The highest BCUT2D eigenvalue weighted by molar-refractivity contribution is 9.10. The van der Waals surface area contributed by atoms with Crippen LogP contribution in [0.2, 0.25) is 0 Å². The number of hydrogen-bond acceptors (Lipinski definition) is 3. The number of halogens is 2. The van der Waals surface area contributed by atoms with Gasteiger partial charge < -0.3 is 5.32 Å². The van der Waals surface area contributed by atoms with Crippen LogP contribution >= 0.6 is 27.3 Å². The molecule has 0 amide bonds. The van der Waals surface area contributed by atoms with Gasteiger partial charge >= 0.3 is 0 Å². The minimum atomic E-state index is -0.186. The summed E-state index contributed by atoms with van der Waals surface area (Å²) < 4.78 is 14.8. The summed E-state index contributed by atoms with van der Waals surface area (Å²) in [6, 6.07) is 5.01. The number of hydrogen-bond donors (Lipinski definition) is 1. The number of aryl methyl sites for hydroxylation is 1. The van der Waals surface area contributed by atoms with Crippen molar-refractivity contribution in [2.75, 3.05) is 6.54 Å². The van der Waals surface area contributed by atoms with Crippen molar-refractivity contribution in [1.29, 1.82) is 0 Å². The Morgan fingerprint density at radius 1 is 1.47 bits per heavy atom. The van der Waals surface area contributed by atoms with Gasteiger partial charge in [-0.15, -0.1) is 11.3 Å². The van der Waals surface area contributed by atoms with Crippen molar-refractivity contribution in [1.82, 2.24) is 10.3 Å². The highest BCUT2D eigenvalue weighted by atomic mass is 79.9. The first-order valence-corrected chi connectivity index (χ1v) is 7.87. The van der Waals surface area contributed by atoms with Gasteiger partial charge in [-0.2, -0.15) is 0 Å². The maximum atomic E-state index is 14.0. The summed E-state index contributed by atoms with van der Waals surface area (Å²) in [6.07, 6.45) is 0.700. The van der Waals surface area contributed by atoms with Crippen LogP contribution in [0.25, 0.3) is 0 Å². The van der Waals surface area contributed by atoms with Crippen LogP contribution in [0, 0.1) is 12.7 Å². The second-order valence-electron chi connectivity index (χ2n) is 4.33. The molecule has 0 aliphatic carbocycles. The summed E-state index contributed by atoms with van der Waals surface area (Å²) >= 11 is 5.06. The van der Waals surface area contributed by atoms with E-state index in [-0.39, 0.29) is 11.9 Å². The van der Waals surface area contributed by atoms with E-state index in [0.29, 0.717) is 12.0 Å². The Labute approximate surface area is 125 Å². The molecular formula is C14H16BrFN2S. The lowest BCUT2D eigenvalue weighted by Crippen LogP contribution is -2.24. The van der Waals surface area contributed by atoms with Gasteiger partial charge in [-0.3, -0.25) is 0 Å². The van der Waals surface area contributed by atoms with Gasteiger partial charge in [0.15, 0.2) is 0 Å². The lowest BCUT2D eigenvalue weighted by molar-refractivity contribution is 0.507. The lowest BCUT2D eigenvalue weighted by atomic mass is 10.0. The Kier molecular flexibility index (Phi) is 5.07. The molecule has 0 saturated carbocycles. The topological polar surface area (TPSA) is 24.9 Å². The van der Waals surface area contributed by atoms with Crippen molar-refractivity contribution in [2.24, 2.45) is 0 Å². The van der Waals surface area contributed by atoms with E-state index in [1.807, 2.05) is 25.3 Å². The molecule has 0 spiro atoms. The van der Waals surface area contributed by atoms with Crippen LogP contribution < -0.4 is 5.32 Å². The molecule has 2 aromatic rings. The molecule has 1 atom stereocenters. The Balaban J connectivity index is 2.29. The van der Waals surface area contributed by atoms with E-state index in [0.717, 1.165) is 21.7 Å². The Morgan fingerprint density at radius 3 is 2.84 bits per heavy atom. The molecule has 0 aliphatic rings. The zero-order chi connectivity index (χ0) is 13.8. The fraction of sp³-hybridized carbons (Fsp3) is 0.357. The monoisotopic (exact) mass is 342 g/mol. The number of aromatic nitrogens is 1. The summed E-state index contributed by atoms with van der Waals surface area (Å²) in [7, 11) is 0. The molecule has 2 rings (SSSR count). The number of nitrogens with zero attached hydrogens (tertiary/aromatic N) is 1. The molecular weight excluding hydrogens is 327 g/mol. The fourth-order valence-corrected chi connectivity index (χ4v) is 3.47. The first-order valence-electron chi connectivity index (χ1n) is 6.20. The van der Waals surface area contributed by atoms with Crippen molar-refractivity contribution >= 4 is 27.3 Å². The molecule has 1 unspecified atom stereocenters. The predicted octanol–water partition coefficient (Wildman–Crippen LogP) is 4.25. The average molecular weight is 343 g/mol. The number of rotatable bonds is 5. The normalized spacial score (nSPS) is 12.6. The average Bonchev–Trinajstić information content (AvgIpc) is 2.75. The van der Waals surface area contributed by atoms with Gasteiger partial charge in [0, 0.05) is 33.6 Å². The highest BCUT2D eigenvalue weighted by Crippen LogP contribution is 2.29. The molecule has 0 fully saturated rings. The SMILES string of the molecule is CCNC(Cc1nc(C)cs1)c1c(F)cccc1Br. The van der Waals surface area contributed by atoms with E-state index in [1.165, 1.54) is 6.07 Å². The third kappa shape index (κ3) is 3.61. The second kappa shape index (κ2) is 6.59. The van der Waals surface area contributed by atoms with Gasteiger partial charge in [0.1, 0.15) is 5.82 Å². The number of likely N-dealkylation sites (N-methyl/N-ethyl adjacent to an activating group) is 1. The molecule has 0 radical (unpaired) electrons. The molecule has 1 heterocycles. The molecule has 0 aliphatic heterocycles. The van der Waals surface area contributed by atoms with Gasteiger partial charge in [-0.05, 0) is 25.6 Å². The Bertz CT molecular complexity index is 536. The largest absolute Gasteiger partial charge is 0.310 e. The molecule has 1 N–H and O–H groups in total. The molecule has 2 nitrogen and oxygen atoms in total. The summed E-state index contributed by atoms with van der Waals surface area (Å²) in [5.41, 5.74) is 1.69. The van der Waals surface area contributed by atoms with Crippen LogP contribution in [0.3, 0.4) is 0 Å². The van der Waals surface area contributed by atoms with E-state index in [2.05, 4.69) is 26.2 Å². The van der Waals surface area contributed by atoms with Gasteiger partial charge in [0.05, 0.1) is 5.01 Å². The summed E-state index contributed by atoms with van der Waals surface area (Å²) in [6.45, 7) is 4.78. The van der Waals surface area contributed by atoms with Crippen LogP contribution in [0.1, 0.15) is 29.2 Å². The quantitative estimate of drug-likeness (QED) is 0.878. The standard InChI is InChI=1S/C14H16BrFN2S/c1-3-17-12(7-13-18-9(2)8-19-13)14-10(15)5-4-6-11(14)16/h4-6,8,12,17H,3,7H2,1-2H3. The van der Waals surface area contributed by atoms with Crippen molar-refractivity contribution in [2.45, 2.75) is 26.3 Å². The van der Waals surface area contributed by atoms with E-state index < -0.39 is 0 Å². The van der Waals surface area contributed by atoms with E-state index in [4.69, 9.17) is 0 Å². The van der Waals surface area contributed by atoms with E-state index in [1.54, 1.807) is 17.4 Å².